The average molecular weight is 378 g/mol. The molecule has 1 N–H and O–H groups in total. The molecule has 0 unspecified atom stereocenters. The molecular formula is C23H26N2O3. The van der Waals surface area contributed by atoms with Crippen LogP contribution in [0.2, 0.25) is 0 Å². The first-order valence-corrected chi connectivity index (χ1v) is 10.1. The number of ether oxygens (including phenoxy) is 1. The van der Waals surface area contributed by atoms with Crippen LogP contribution in [0.4, 0.5) is 5.69 Å². The Kier molecular flexibility index (Phi) is 5.72. The molecular weight excluding hydrogens is 352 g/mol. The minimum Gasteiger partial charge on any atom is -0.368 e. The topological polar surface area (TPSA) is 58.6 Å². The molecule has 2 atom stereocenters. The molecule has 28 heavy (non-hydrogen) atoms. The summed E-state index contributed by atoms with van der Waals surface area (Å²) in [5.41, 5.74) is 2.51. The highest BCUT2D eigenvalue weighted by Crippen LogP contribution is 2.24. The standard InChI is InChI=1S/C23H26N2O3/c26-22(21-12-6-14-28-21)24-19-10-4-9-18(16-19)23(27)25-13-5-11-20(25)15-17-7-2-1-3-8-17/h1-4,7-10,16,20-21H,5-6,11-15H2,(H,24,26)/t20-,21+/m1/s1. The van der Waals surface area contributed by atoms with Crippen LogP contribution in [0.3, 0.4) is 0 Å². The van der Waals surface area contributed by atoms with Gasteiger partial charge in [0.1, 0.15) is 6.10 Å². The van der Waals surface area contributed by atoms with Crippen molar-refractivity contribution >= 4 is 17.5 Å². The molecule has 5 nitrogen and oxygen atoms in total. The van der Waals surface area contributed by atoms with Crippen molar-refractivity contribution in [3.05, 3.63) is 65.7 Å². The number of rotatable bonds is 5. The molecule has 0 spiro atoms. The average Bonchev–Trinajstić information content (AvgIpc) is 3.41. The Labute approximate surface area is 165 Å². The number of likely N-dealkylation sites (tertiary alicyclic amines) is 1. The van der Waals surface area contributed by atoms with Crippen molar-refractivity contribution in [2.45, 2.75) is 44.2 Å². The van der Waals surface area contributed by atoms with Crippen molar-refractivity contribution in [1.82, 2.24) is 4.90 Å². The number of carbonyl (C=O) groups excluding carboxylic acids is 2. The largest absolute Gasteiger partial charge is 0.368 e. The highest BCUT2D eigenvalue weighted by molar-refractivity contribution is 5.98. The molecule has 146 valence electrons. The van der Waals surface area contributed by atoms with Gasteiger partial charge in [0.15, 0.2) is 0 Å². The highest BCUT2D eigenvalue weighted by Gasteiger charge is 2.30. The number of benzene rings is 2. The third-order valence-electron chi connectivity index (χ3n) is 5.55. The molecule has 2 aliphatic heterocycles. The molecule has 0 aliphatic carbocycles. The van der Waals surface area contributed by atoms with E-state index in [1.807, 2.05) is 41.3 Å². The highest BCUT2D eigenvalue weighted by atomic mass is 16.5. The lowest BCUT2D eigenvalue weighted by Crippen LogP contribution is -2.36. The Balaban J connectivity index is 1.44. The summed E-state index contributed by atoms with van der Waals surface area (Å²) in [5.74, 6) is -0.100. The fourth-order valence-corrected chi connectivity index (χ4v) is 4.10. The predicted molar refractivity (Wildman–Crippen MR) is 108 cm³/mol. The van der Waals surface area contributed by atoms with Crippen LogP contribution in [0.25, 0.3) is 0 Å². The van der Waals surface area contributed by atoms with Crippen LogP contribution in [-0.4, -0.2) is 42.0 Å². The van der Waals surface area contributed by atoms with E-state index in [0.29, 0.717) is 17.9 Å². The third-order valence-corrected chi connectivity index (χ3v) is 5.55. The van der Waals surface area contributed by atoms with Crippen molar-refractivity contribution in [3.63, 3.8) is 0 Å². The molecule has 2 fully saturated rings. The van der Waals surface area contributed by atoms with Crippen molar-refractivity contribution in [3.8, 4) is 0 Å². The van der Waals surface area contributed by atoms with Crippen LogP contribution >= 0.6 is 0 Å². The molecule has 2 saturated heterocycles. The van der Waals surface area contributed by atoms with Gasteiger partial charge in [0.2, 0.25) is 0 Å². The first-order valence-electron chi connectivity index (χ1n) is 10.1. The van der Waals surface area contributed by atoms with Gasteiger partial charge in [-0.3, -0.25) is 9.59 Å². The van der Waals surface area contributed by atoms with Crippen molar-refractivity contribution in [1.29, 1.82) is 0 Å². The number of anilines is 1. The van der Waals surface area contributed by atoms with Crippen LogP contribution in [-0.2, 0) is 16.0 Å². The monoisotopic (exact) mass is 378 g/mol. The number of hydrogen-bond acceptors (Lipinski definition) is 3. The summed E-state index contributed by atoms with van der Waals surface area (Å²) >= 11 is 0. The van der Waals surface area contributed by atoms with E-state index in [2.05, 4.69) is 17.4 Å². The van der Waals surface area contributed by atoms with E-state index in [4.69, 9.17) is 4.74 Å². The summed E-state index contributed by atoms with van der Waals surface area (Å²) in [5, 5.41) is 2.89. The van der Waals surface area contributed by atoms with Gasteiger partial charge in [0, 0.05) is 30.4 Å². The lowest BCUT2D eigenvalue weighted by atomic mass is 10.0. The van der Waals surface area contributed by atoms with Gasteiger partial charge >= 0.3 is 0 Å². The van der Waals surface area contributed by atoms with Gasteiger partial charge in [0.05, 0.1) is 0 Å². The lowest BCUT2D eigenvalue weighted by molar-refractivity contribution is -0.124. The van der Waals surface area contributed by atoms with Crippen LogP contribution in [0, 0.1) is 0 Å². The molecule has 2 aromatic rings. The first-order chi connectivity index (χ1) is 13.7. The third kappa shape index (κ3) is 4.25. The number of nitrogens with zero attached hydrogens (tertiary/aromatic N) is 1. The van der Waals surface area contributed by atoms with E-state index < -0.39 is 0 Å². The number of nitrogens with one attached hydrogen (secondary N) is 1. The summed E-state index contributed by atoms with van der Waals surface area (Å²) < 4.78 is 5.43. The molecule has 2 aromatic carbocycles. The second-order valence-electron chi connectivity index (χ2n) is 7.56. The SMILES string of the molecule is O=C(Nc1cccc(C(=O)N2CCC[C@@H]2Cc2ccccc2)c1)[C@@H]1CCCO1. The van der Waals surface area contributed by atoms with Gasteiger partial charge in [-0.2, -0.15) is 0 Å². The molecule has 2 aliphatic rings. The minimum atomic E-state index is -0.381. The quantitative estimate of drug-likeness (QED) is 0.864. The Hall–Kier alpha value is -2.66. The zero-order valence-electron chi connectivity index (χ0n) is 16.0. The van der Waals surface area contributed by atoms with Gasteiger partial charge in [-0.25, -0.2) is 0 Å². The molecule has 5 heteroatoms. The lowest BCUT2D eigenvalue weighted by Gasteiger charge is -2.25. The molecule has 0 saturated carbocycles. The maximum Gasteiger partial charge on any atom is 0.254 e. The molecule has 4 rings (SSSR count). The van der Waals surface area contributed by atoms with E-state index in [-0.39, 0.29) is 24.0 Å². The number of carbonyl (C=O) groups is 2. The Morgan fingerprint density at radius 1 is 1.04 bits per heavy atom. The van der Waals surface area contributed by atoms with Crippen LogP contribution in [0.5, 0.6) is 0 Å². The van der Waals surface area contributed by atoms with E-state index >= 15 is 0 Å². The zero-order chi connectivity index (χ0) is 19.3. The maximum absolute atomic E-state index is 13.1. The normalized spacial score (nSPS) is 21.6. The van der Waals surface area contributed by atoms with Crippen LogP contribution in [0.15, 0.2) is 54.6 Å². The van der Waals surface area contributed by atoms with E-state index in [9.17, 15) is 9.59 Å². The van der Waals surface area contributed by atoms with Crippen molar-refractivity contribution in [2.24, 2.45) is 0 Å². The smallest absolute Gasteiger partial charge is 0.254 e. The van der Waals surface area contributed by atoms with Crippen molar-refractivity contribution in [2.75, 3.05) is 18.5 Å². The van der Waals surface area contributed by atoms with Gasteiger partial charge < -0.3 is 15.0 Å². The van der Waals surface area contributed by atoms with Crippen LogP contribution in [0.1, 0.15) is 41.6 Å². The second kappa shape index (κ2) is 8.57. The minimum absolute atomic E-state index is 0.0339. The molecule has 0 aromatic heterocycles. The van der Waals surface area contributed by atoms with Crippen molar-refractivity contribution < 1.29 is 14.3 Å². The second-order valence-corrected chi connectivity index (χ2v) is 7.56. The van der Waals surface area contributed by atoms with Gasteiger partial charge in [-0.15, -0.1) is 0 Å². The first kappa shape index (κ1) is 18.7. The summed E-state index contributed by atoms with van der Waals surface area (Å²) in [6.45, 7) is 1.41. The van der Waals surface area contributed by atoms with E-state index in [1.54, 1.807) is 6.07 Å². The number of amides is 2. The summed E-state index contributed by atoms with van der Waals surface area (Å²) in [7, 11) is 0. The Bertz CT molecular complexity index is 831. The summed E-state index contributed by atoms with van der Waals surface area (Å²) in [6, 6.07) is 17.8. The summed E-state index contributed by atoms with van der Waals surface area (Å²) in [6.07, 6.45) is 4.21. The molecule has 0 bridgehead atoms. The Morgan fingerprint density at radius 2 is 1.89 bits per heavy atom. The zero-order valence-corrected chi connectivity index (χ0v) is 16.0. The van der Waals surface area contributed by atoms with E-state index in [1.165, 1.54) is 5.56 Å². The fourth-order valence-electron chi connectivity index (χ4n) is 4.10. The van der Waals surface area contributed by atoms with Gasteiger partial charge in [-0.1, -0.05) is 36.4 Å². The Morgan fingerprint density at radius 3 is 2.68 bits per heavy atom. The fraction of sp³-hybridized carbons (Fsp3) is 0.391. The predicted octanol–water partition coefficient (Wildman–Crippen LogP) is 3.65. The number of hydrogen-bond donors (Lipinski definition) is 1. The molecule has 0 radical (unpaired) electrons. The van der Waals surface area contributed by atoms with Crippen LogP contribution < -0.4 is 5.32 Å². The summed E-state index contributed by atoms with van der Waals surface area (Å²) in [4.78, 5) is 27.4. The molecule has 2 amide bonds. The maximum atomic E-state index is 13.1. The van der Waals surface area contributed by atoms with Gasteiger partial charge in [0.25, 0.3) is 11.8 Å². The van der Waals surface area contributed by atoms with E-state index in [0.717, 1.165) is 38.6 Å². The molecule has 2 heterocycles. The van der Waals surface area contributed by atoms with Gasteiger partial charge in [-0.05, 0) is 55.9 Å².